The largest absolute Gasteiger partial charge is 0.508 e. The summed E-state index contributed by atoms with van der Waals surface area (Å²) in [7, 11) is 1.38. The lowest BCUT2D eigenvalue weighted by Gasteiger charge is -2.15. The Kier molecular flexibility index (Phi) is 5.01. The molecule has 0 saturated carbocycles. The molecule has 0 aliphatic rings. The molecule has 130 valence electrons. The molecule has 2 rings (SSSR count). The van der Waals surface area contributed by atoms with E-state index in [4.69, 9.17) is 0 Å². The van der Waals surface area contributed by atoms with E-state index in [1.54, 1.807) is 19.1 Å². The molecule has 24 heavy (non-hydrogen) atoms. The lowest BCUT2D eigenvalue weighted by atomic mass is 10.1. The summed E-state index contributed by atoms with van der Waals surface area (Å²) in [6.07, 6.45) is -3.37. The Labute approximate surface area is 136 Å². The maximum Gasteiger partial charge on any atom is 0.435 e. The van der Waals surface area contributed by atoms with Crippen LogP contribution in [-0.2, 0) is 19.8 Å². The van der Waals surface area contributed by atoms with Crippen molar-refractivity contribution in [1.29, 1.82) is 0 Å². The zero-order valence-corrected chi connectivity index (χ0v) is 13.1. The zero-order chi connectivity index (χ0) is 17.9. The number of benzene rings is 1. The molecule has 0 aliphatic carbocycles. The van der Waals surface area contributed by atoms with Gasteiger partial charge in [0.1, 0.15) is 5.75 Å². The molecule has 0 saturated heterocycles. The van der Waals surface area contributed by atoms with Gasteiger partial charge in [0, 0.05) is 25.4 Å². The highest BCUT2D eigenvalue weighted by Crippen LogP contribution is 2.30. The quantitative estimate of drug-likeness (QED) is 0.799. The molecule has 9 heteroatoms. The Bertz CT molecular complexity index is 728. The van der Waals surface area contributed by atoms with Gasteiger partial charge in [-0.25, -0.2) is 4.79 Å². The van der Waals surface area contributed by atoms with Crippen LogP contribution < -0.4 is 10.6 Å². The number of urea groups is 1. The number of nitrogens with zero attached hydrogens (tertiary/aromatic N) is 2. The van der Waals surface area contributed by atoms with Crippen LogP contribution in [0.2, 0.25) is 0 Å². The average Bonchev–Trinajstić information content (AvgIpc) is 2.86. The highest BCUT2D eigenvalue weighted by Gasteiger charge is 2.36. The number of aromatic hydroxyl groups is 1. The Hall–Kier alpha value is -2.71. The lowest BCUT2D eigenvalue weighted by Crippen LogP contribution is -2.36. The van der Waals surface area contributed by atoms with Crippen LogP contribution in [0.1, 0.15) is 29.8 Å². The van der Waals surface area contributed by atoms with Crippen molar-refractivity contribution in [2.45, 2.75) is 25.7 Å². The number of aromatic nitrogens is 2. The third-order valence-electron chi connectivity index (χ3n) is 3.33. The molecule has 6 nitrogen and oxygen atoms in total. The molecule has 1 heterocycles. The fraction of sp³-hybridized carbons (Fsp3) is 0.333. The van der Waals surface area contributed by atoms with Crippen LogP contribution in [0.3, 0.4) is 0 Å². The van der Waals surface area contributed by atoms with Crippen molar-refractivity contribution in [3.63, 3.8) is 0 Å². The van der Waals surface area contributed by atoms with Gasteiger partial charge in [-0.05, 0) is 24.6 Å². The first-order chi connectivity index (χ1) is 11.2. The number of hydrogen-bond donors (Lipinski definition) is 3. The first kappa shape index (κ1) is 17.6. The Balaban J connectivity index is 1.97. The Morgan fingerprint density at radius 1 is 1.42 bits per heavy atom. The standard InChI is InChI=1S/C15H17F3N4O2/c1-9(10-4-3-5-12(23)6-10)20-14(24)19-7-11-8-22(2)21-13(11)15(16,17)18/h3-6,8-9,23H,7H2,1-2H3,(H2,19,20,24)/t9-/m0/s1. The van der Waals surface area contributed by atoms with Crippen molar-refractivity contribution >= 4 is 6.03 Å². The van der Waals surface area contributed by atoms with E-state index >= 15 is 0 Å². The molecule has 0 spiro atoms. The molecule has 2 aromatic rings. The van der Waals surface area contributed by atoms with E-state index in [2.05, 4.69) is 15.7 Å². The van der Waals surface area contributed by atoms with Crippen LogP contribution in [-0.4, -0.2) is 20.9 Å². The number of rotatable bonds is 4. The molecule has 1 atom stereocenters. The lowest BCUT2D eigenvalue weighted by molar-refractivity contribution is -0.142. The Morgan fingerprint density at radius 3 is 2.75 bits per heavy atom. The monoisotopic (exact) mass is 342 g/mol. The smallest absolute Gasteiger partial charge is 0.435 e. The highest BCUT2D eigenvalue weighted by molar-refractivity contribution is 5.74. The third kappa shape index (κ3) is 4.40. The van der Waals surface area contributed by atoms with Gasteiger partial charge >= 0.3 is 12.2 Å². The summed E-state index contributed by atoms with van der Waals surface area (Å²) in [5, 5.41) is 17.7. The number of phenols is 1. The van der Waals surface area contributed by atoms with Crippen LogP contribution in [0, 0.1) is 0 Å². The predicted octanol–water partition coefficient (Wildman–Crippen LogP) is 2.70. The van der Waals surface area contributed by atoms with Crippen molar-refractivity contribution in [3.8, 4) is 5.75 Å². The molecule has 0 bridgehead atoms. The van der Waals surface area contributed by atoms with Crippen molar-refractivity contribution in [2.24, 2.45) is 7.05 Å². The summed E-state index contributed by atoms with van der Waals surface area (Å²) in [6, 6.07) is 5.29. The van der Waals surface area contributed by atoms with Gasteiger partial charge in [-0.15, -0.1) is 0 Å². The maximum absolute atomic E-state index is 12.8. The molecule has 0 radical (unpaired) electrons. The van der Waals surface area contributed by atoms with E-state index in [-0.39, 0.29) is 17.9 Å². The van der Waals surface area contributed by atoms with Gasteiger partial charge in [-0.3, -0.25) is 4.68 Å². The van der Waals surface area contributed by atoms with E-state index < -0.39 is 23.9 Å². The molecule has 0 aliphatic heterocycles. The molecule has 2 amide bonds. The van der Waals surface area contributed by atoms with E-state index in [0.717, 1.165) is 4.68 Å². The van der Waals surface area contributed by atoms with E-state index in [9.17, 15) is 23.1 Å². The molecule has 0 unspecified atom stereocenters. The fourth-order valence-corrected chi connectivity index (χ4v) is 2.21. The van der Waals surface area contributed by atoms with Gasteiger partial charge in [0.05, 0.1) is 6.04 Å². The minimum Gasteiger partial charge on any atom is -0.508 e. The SMILES string of the molecule is C[C@H](NC(=O)NCc1cn(C)nc1C(F)(F)F)c1cccc(O)c1. The number of aryl methyl sites for hydroxylation is 1. The maximum atomic E-state index is 12.8. The van der Waals surface area contributed by atoms with Gasteiger partial charge < -0.3 is 15.7 Å². The first-order valence-corrected chi connectivity index (χ1v) is 7.10. The van der Waals surface area contributed by atoms with Gasteiger partial charge in [0.25, 0.3) is 0 Å². The fourth-order valence-electron chi connectivity index (χ4n) is 2.21. The number of carbonyl (C=O) groups excluding carboxylic acids is 1. The normalized spacial score (nSPS) is 12.7. The van der Waals surface area contributed by atoms with Crippen LogP contribution in [0.25, 0.3) is 0 Å². The number of alkyl halides is 3. The minimum atomic E-state index is -4.58. The van der Waals surface area contributed by atoms with Gasteiger partial charge in [-0.2, -0.15) is 18.3 Å². The summed E-state index contributed by atoms with van der Waals surface area (Å²) in [4.78, 5) is 11.9. The first-order valence-electron chi connectivity index (χ1n) is 7.10. The second-order valence-electron chi connectivity index (χ2n) is 5.32. The summed E-state index contributed by atoms with van der Waals surface area (Å²) < 4.78 is 39.5. The number of carbonyl (C=O) groups is 1. The number of hydrogen-bond acceptors (Lipinski definition) is 3. The number of amides is 2. The second kappa shape index (κ2) is 6.81. The second-order valence-corrected chi connectivity index (χ2v) is 5.32. The summed E-state index contributed by atoms with van der Waals surface area (Å²) in [6.45, 7) is 1.39. The van der Waals surface area contributed by atoms with E-state index in [0.29, 0.717) is 5.56 Å². The van der Waals surface area contributed by atoms with E-state index in [1.165, 1.54) is 25.4 Å². The van der Waals surface area contributed by atoms with Gasteiger partial charge in [0.2, 0.25) is 0 Å². The van der Waals surface area contributed by atoms with Crippen molar-refractivity contribution in [1.82, 2.24) is 20.4 Å². The molecule has 0 fully saturated rings. The van der Waals surface area contributed by atoms with E-state index in [1.807, 2.05) is 0 Å². The highest BCUT2D eigenvalue weighted by atomic mass is 19.4. The number of halogens is 3. The number of phenolic OH excluding ortho intramolecular Hbond substituents is 1. The van der Waals surface area contributed by atoms with Crippen molar-refractivity contribution < 1.29 is 23.1 Å². The molecule has 3 N–H and O–H groups in total. The van der Waals surface area contributed by atoms with Crippen molar-refractivity contribution in [3.05, 3.63) is 47.3 Å². The summed E-state index contributed by atoms with van der Waals surface area (Å²) >= 11 is 0. The average molecular weight is 342 g/mol. The topological polar surface area (TPSA) is 79.2 Å². The Morgan fingerprint density at radius 2 is 2.12 bits per heavy atom. The molecule has 1 aromatic heterocycles. The molecular formula is C15H17F3N4O2. The number of nitrogens with one attached hydrogen (secondary N) is 2. The molecule has 1 aromatic carbocycles. The van der Waals surface area contributed by atoms with Crippen molar-refractivity contribution in [2.75, 3.05) is 0 Å². The zero-order valence-electron chi connectivity index (χ0n) is 13.1. The predicted molar refractivity (Wildman–Crippen MR) is 80.1 cm³/mol. The van der Waals surface area contributed by atoms with Crippen LogP contribution in [0.4, 0.5) is 18.0 Å². The summed E-state index contributed by atoms with van der Waals surface area (Å²) in [5.41, 5.74) is -0.473. The van der Waals surface area contributed by atoms with Crippen LogP contribution in [0.5, 0.6) is 5.75 Å². The summed E-state index contributed by atoms with van der Waals surface area (Å²) in [5.74, 6) is 0.0618. The third-order valence-corrected chi connectivity index (χ3v) is 3.33. The van der Waals surface area contributed by atoms with Crippen LogP contribution in [0.15, 0.2) is 30.5 Å². The minimum absolute atomic E-state index is 0.0618. The van der Waals surface area contributed by atoms with Gasteiger partial charge in [-0.1, -0.05) is 12.1 Å². The van der Waals surface area contributed by atoms with Crippen LogP contribution >= 0.6 is 0 Å². The molecular weight excluding hydrogens is 325 g/mol. The van der Waals surface area contributed by atoms with Gasteiger partial charge in [0.15, 0.2) is 5.69 Å².